The third kappa shape index (κ3) is 3.95. The minimum Gasteiger partial charge on any atom is -0.481 e. The molecule has 2 fully saturated rings. The van der Waals surface area contributed by atoms with Crippen molar-refractivity contribution in [3.05, 3.63) is 0 Å². The molecule has 1 aliphatic heterocycles. The summed E-state index contributed by atoms with van der Waals surface area (Å²) < 4.78 is 0. The van der Waals surface area contributed by atoms with E-state index in [9.17, 15) is 9.90 Å². The van der Waals surface area contributed by atoms with Crippen LogP contribution < -0.4 is 0 Å². The molecule has 1 saturated carbocycles. The number of likely N-dealkylation sites (tertiary alicyclic amines) is 1. The van der Waals surface area contributed by atoms with Crippen molar-refractivity contribution in [2.24, 2.45) is 11.8 Å². The van der Waals surface area contributed by atoms with Gasteiger partial charge in [-0.2, -0.15) is 0 Å². The summed E-state index contributed by atoms with van der Waals surface area (Å²) >= 11 is 0. The zero-order chi connectivity index (χ0) is 13.7. The van der Waals surface area contributed by atoms with Crippen LogP contribution in [-0.2, 0) is 4.79 Å². The molecule has 2 rings (SSSR count). The third-order valence-electron chi connectivity index (χ3n) is 5.23. The highest BCUT2D eigenvalue weighted by molar-refractivity contribution is 5.70. The Labute approximate surface area is 117 Å². The van der Waals surface area contributed by atoms with E-state index in [4.69, 9.17) is 0 Å². The van der Waals surface area contributed by atoms with Gasteiger partial charge in [0.25, 0.3) is 0 Å². The van der Waals surface area contributed by atoms with Crippen molar-refractivity contribution in [1.29, 1.82) is 0 Å². The van der Waals surface area contributed by atoms with Crippen LogP contribution in [0.25, 0.3) is 0 Å². The lowest BCUT2D eigenvalue weighted by atomic mass is 9.93. The summed E-state index contributed by atoms with van der Waals surface area (Å²) in [5, 5.41) is 9.51. The van der Waals surface area contributed by atoms with Gasteiger partial charge in [-0.1, -0.05) is 32.6 Å². The molecule has 0 aromatic rings. The second-order valence-corrected chi connectivity index (χ2v) is 6.39. The van der Waals surface area contributed by atoms with Crippen molar-refractivity contribution < 1.29 is 9.90 Å². The van der Waals surface area contributed by atoms with Crippen LogP contribution in [0.4, 0.5) is 0 Å². The molecule has 2 aliphatic rings. The van der Waals surface area contributed by atoms with Crippen molar-refractivity contribution in [1.82, 2.24) is 4.90 Å². The fraction of sp³-hybridized carbons (Fsp3) is 0.938. The third-order valence-corrected chi connectivity index (χ3v) is 5.23. The first-order valence-electron chi connectivity index (χ1n) is 8.19. The largest absolute Gasteiger partial charge is 0.481 e. The summed E-state index contributed by atoms with van der Waals surface area (Å²) in [6.07, 6.45) is 10.6. The SMILES string of the molecule is CCC1CCCN(C2CCCCCC2C(=O)O)CC1. The molecule has 1 aliphatic carbocycles. The highest BCUT2D eigenvalue weighted by Crippen LogP contribution is 2.30. The topological polar surface area (TPSA) is 40.5 Å². The number of aliphatic carboxylic acids is 1. The van der Waals surface area contributed by atoms with Crippen molar-refractivity contribution in [3.63, 3.8) is 0 Å². The Bertz CT molecular complexity index is 292. The van der Waals surface area contributed by atoms with Crippen molar-refractivity contribution >= 4 is 5.97 Å². The van der Waals surface area contributed by atoms with Crippen molar-refractivity contribution in [3.8, 4) is 0 Å². The van der Waals surface area contributed by atoms with Gasteiger partial charge in [-0.05, 0) is 51.1 Å². The molecule has 1 N–H and O–H groups in total. The zero-order valence-corrected chi connectivity index (χ0v) is 12.3. The first kappa shape index (κ1) is 14.8. The van der Waals surface area contributed by atoms with Crippen LogP contribution in [0.1, 0.15) is 64.7 Å². The highest BCUT2D eigenvalue weighted by Gasteiger charge is 2.34. The Morgan fingerprint density at radius 1 is 1.05 bits per heavy atom. The van der Waals surface area contributed by atoms with Crippen LogP contribution in [0, 0.1) is 11.8 Å². The molecule has 0 bridgehead atoms. The molecule has 19 heavy (non-hydrogen) atoms. The first-order valence-corrected chi connectivity index (χ1v) is 8.19. The van der Waals surface area contributed by atoms with E-state index in [0.717, 1.165) is 38.3 Å². The summed E-state index contributed by atoms with van der Waals surface area (Å²) in [6.45, 7) is 4.52. The molecule has 1 saturated heterocycles. The van der Waals surface area contributed by atoms with Gasteiger partial charge in [0.1, 0.15) is 0 Å². The van der Waals surface area contributed by atoms with E-state index in [-0.39, 0.29) is 5.92 Å². The van der Waals surface area contributed by atoms with Crippen LogP contribution in [-0.4, -0.2) is 35.1 Å². The van der Waals surface area contributed by atoms with Gasteiger partial charge >= 0.3 is 5.97 Å². The molecule has 3 unspecified atom stereocenters. The van der Waals surface area contributed by atoms with E-state index in [2.05, 4.69) is 11.8 Å². The number of hydrogen-bond donors (Lipinski definition) is 1. The molecule has 0 amide bonds. The van der Waals surface area contributed by atoms with Crippen molar-refractivity contribution in [2.45, 2.75) is 70.8 Å². The van der Waals surface area contributed by atoms with Gasteiger partial charge in [-0.15, -0.1) is 0 Å². The first-order chi connectivity index (χ1) is 9.22. The lowest BCUT2D eigenvalue weighted by Gasteiger charge is -2.33. The molecule has 0 aromatic heterocycles. The summed E-state index contributed by atoms with van der Waals surface area (Å²) in [6, 6.07) is 0.301. The van der Waals surface area contributed by atoms with E-state index >= 15 is 0 Å². The Morgan fingerprint density at radius 2 is 1.84 bits per heavy atom. The van der Waals surface area contributed by atoms with Crippen LogP contribution in [0.3, 0.4) is 0 Å². The smallest absolute Gasteiger partial charge is 0.308 e. The number of rotatable bonds is 3. The maximum Gasteiger partial charge on any atom is 0.308 e. The number of hydrogen-bond acceptors (Lipinski definition) is 2. The Balaban J connectivity index is 2.01. The Morgan fingerprint density at radius 3 is 2.58 bits per heavy atom. The van der Waals surface area contributed by atoms with Crippen LogP contribution in [0.2, 0.25) is 0 Å². The monoisotopic (exact) mass is 267 g/mol. The number of carboxylic acid groups (broad SMARTS) is 1. The number of carboxylic acids is 1. The van der Waals surface area contributed by atoms with E-state index in [1.54, 1.807) is 0 Å². The van der Waals surface area contributed by atoms with E-state index in [0.29, 0.717) is 6.04 Å². The van der Waals surface area contributed by atoms with Gasteiger partial charge in [-0.3, -0.25) is 9.69 Å². The second-order valence-electron chi connectivity index (χ2n) is 6.39. The molecule has 0 radical (unpaired) electrons. The van der Waals surface area contributed by atoms with Gasteiger partial charge in [0.15, 0.2) is 0 Å². The van der Waals surface area contributed by atoms with Gasteiger partial charge in [0.05, 0.1) is 5.92 Å². The van der Waals surface area contributed by atoms with E-state index in [1.807, 2.05) is 0 Å². The van der Waals surface area contributed by atoms with Gasteiger partial charge in [-0.25, -0.2) is 0 Å². The summed E-state index contributed by atoms with van der Waals surface area (Å²) in [5.41, 5.74) is 0. The molecule has 1 heterocycles. The minimum atomic E-state index is -0.566. The fourth-order valence-corrected chi connectivity index (χ4v) is 3.94. The summed E-state index contributed by atoms with van der Waals surface area (Å²) in [7, 11) is 0. The predicted octanol–water partition coefficient (Wildman–Crippen LogP) is 3.53. The average Bonchev–Trinajstić information content (AvgIpc) is 2.78. The highest BCUT2D eigenvalue weighted by atomic mass is 16.4. The molecule has 3 heteroatoms. The summed E-state index contributed by atoms with van der Waals surface area (Å²) in [5.74, 6) is 0.169. The maximum absolute atomic E-state index is 11.5. The lowest BCUT2D eigenvalue weighted by Crippen LogP contribution is -2.43. The molecule has 0 aromatic carbocycles. The Kier molecular flexibility index (Phi) is 5.68. The minimum absolute atomic E-state index is 0.124. The predicted molar refractivity (Wildman–Crippen MR) is 77.2 cm³/mol. The molecular formula is C16H29NO2. The van der Waals surface area contributed by atoms with Crippen LogP contribution in [0.15, 0.2) is 0 Å². The van der Waals surface area contributed by atoms with Gasteiger partial charge in [0.2, 0.25) is 0 Å². The molecule has 3 atom stereocenters. The number of carbonyl (C=O) groups is 1. The molecular weight excluding hydrogens is 238 g/mol. The van der Waals surface area contributed by atoms with Gasteiger partial charge < -0.3 is 5.11 Å². The lowest BCUT2D eigenvalue weighted by molar-refractivity contribution is -0.144. The maximum atomic E-state index is 11.5. The van der Waals surface area contributed by atoms with E-state index < -0.39 is 5.97 Å². The molecule has 3 nitrogen and oxygen atoms in total. The zero-order valence-electron chi connectivity index (χ0n) is 12.3. The average molecular weight is 267 g/mol. The Hall–Kier alpha value is -0.570. The fourth-order valence-electron chi connectivity index (χ4n) is 3.94. The van der Waals surface area contributed by atoms with Crippen LogP contribution in [0.5, 0.6) is 0 Å². The van der Waals surface area contributed by atoms with Crippen molar-refractivity contribution in [2.75, 3.05) is 13.1 Å². The summed E-state index contributed by atoms with van der Waals surface area (Å²) in [4.78, 5) is 14.1. The number of nitrogens with zero attached hydrogens (tertiary/aromatic N) is 1. The molecule has 110 valence electrons. The van der Waals surface area contributed by atoms with Gasteiger partial charge in [0, 0.05) is 6.04 Å². The normalized spacial score (nSPS) is 34.5. The van der Waals surface area contributed by atoms with E-state index in [1.165, 1.54) is 38.5 Å². The molecule has 0 spiro atoms. The quantitative estimate of drug-likeness (QED) is 0.795. The second kappa shape index (κ2) is 7.28. The van der Waals surface area contributed by atoms with Crippen LogP contribution >= 0.6 is 0 Å². The standard InChI is InChI=1S/C16H29NO2/c1-2-13-7-6-11-17(12-10-13)15-9-5-3-4-8-14(15)16(18)19/h13-15H,2-12H2,1H3,(H,18,19).